The fraction of sp³-hybridized carbons (Fsp3) is 0.400. The summed E-state index contributed by atoms with van der Waals surface area (Å²) in [4.78, 5) is 37.7. The van der Waals surface area contributed by atoms with Crippen molar-refractivity contribution in [3.8, 4) is 6.07 Å². The number of aliphatic hydroxyl groups is 2. The maximum atomic E-state index is 12.2. The smallest absolute Gasteiger partial charge is 0.329 e. The van der Waals surface area contributed by atoms with E-state index in [4.69, 9.17) is 10.5 Å². The van der Waals surface area contributed by atoms with Crippen LogP contribution in [0, 0.1) is 17.2 Å². The lowest BCUT2D eigenvalue weighted by Gasteiger charge is -2.27. The number of carbonyl (C=O) groups is 1. The van der Waals surface area contributed by atoms with Gasteiger partial charge in [0.1, 0.15) is 12.1 Å². The summed E-state index contributed by atoms with van der Waals surface area (Å²) in [7, 11) is 0. The van der Waals surface area contributed by atoms with Crippen LogP contribution in [0.5, 0.6) is 0 Å². The second-order valence-electron chi connectivity index (χ2n) is 7.34. The van der Waals surface area contributed by atoms with Crippen LogP contribution in [0.3, 0.4) is 0 Å². The van der Waals surface area contributed by atoms with Crippen molar-refractivity contribution in [2.75, 3.05) is 6.61 Å². The lowest BCUT2D eigenvalue weighted by molar-refractivity contribution is -0.147. The molecule has 1 heterocycles. The van der Waals surface area contributed by atoms with E-state index in [-0.39, 0.29) is 19.4 Å². The second kappa shape index (κ2) is 8.62. The quantitative estimate of drug-likeness (QED) is 0.418. The monoisotopic (exact) mass is 414 g/mol. The molecule has 0 spiro atoms. The van der Waals surface area contributed by atoms with E-state index in [1.54, 1.807) is 0 Å². The molecule has 0 amide bonds. The van der Waals surface area contributed by atoms with Crippen LogP contribution < -0.4 is 17.0 Å². The molecule has 0 radical (unpaired) electrons. The Bertz CT molecular complexity index is 1060. The van der Waals surface area contributed by atoms with E-state index >= 15 is 0 Å². The zero-order valence-electron chi connectivity index (χ0n) is 16.0. The number of carbonyl (C=O) groups excluding carboxylic acids is 1. The van der Waals surface area contributed by atoms with Crippen LogP contribution in [0.25, 0.3) is 0 Å². The average Bonchev–Trinajstić information content (AvgIpc) is 2.98. The molecule has 5 atom stereocenters. The Morgan fingerprint density at radius 3 is 2.67 bits per heavy atom. The molecular formula is C20H22N4O6. The Hall–Kier alpha value is -3.26. The van der Waals surface area contributed by atoms with Crippen LogP contribution in [-0.2, 0) is 21.5 Å². The number of rotatable bonds is 6. The van der Waals surface area contributed by atoms with Crippen LogP contribution in [-0.4, -0.2) is 50.6 Å². The van der Waals surface area contributed by atoms with Crippen molar-refractivity contribution < 1.29 is 19.7 Å². The number of aromatic amines is 1. The molecule has 1 aromatic heterocycles. The van der Waals surface area contributed by atoms with Gasteiger partial charge in [0.15, 0.2) is 5.54 Å². The number of benzene rings is 1. The Labute approximate surface area is 171 Å². The molecule has 0 bridgehead atoms. The highest BCUT2D eigenvalue weighted by Gasteiger charge is 2.55. The van der Waals surface area contributed by atoms with Crippen molar-refractivity contribution in [2.24, 2.45) is 11.7 Å². The summed E-state index contributed by atoms with van der Waals surface area (Å²) in [5.74, 6) is -1.50. The molecule has 158 valence electrons. The van der Waals surface area contributed by atoms with Crippen LogP contribution in [0.2, 0.25) is 0 Å². The van der Waals surface area contributed by atoms with Gasteiger partial charge in [-0.1, -0.05) is 30.3 Å². The summed E-state index contributed by atoms with van der Waals surface area (Å²) in [6.07, 6.45) is -1.87. The number of nitrogens with two attached hydrogens (primary N) is 1. The van der Waals surface area contributed by atoms with Gasteiger partial charge in [0.05, 0.1) is 18.8 Å². The highest BCUT2D eigenvalue weighted by Crippen LogP contribution is 2.40. The summed E-state index contributed by atoms with van der Waals surface area (Å²) in [5.41, 5.74) is 3.38. The molecule has 1 saturated carbocycles. The van der Waals surface area contributed by atoms with Gasteiger partial charge >= 0.3 is 11.7 Å². The zero-order valence-corrected chi connectivity index (χ0v) is 16.0. The predicted molar refractivity (Wildman–Crippen MR) is 104 cm³/mol. The van der Waals surface area contributed by atoms with Gasteiger partial charge in [-0.05, 0) is 18.4 Å². The van der Waals surface area contributed by atoms with E-state index in [2.05, 4.69) is 0 Å². The van der Waals surface area contributed by atoms with Crippen LogP contribution in [0.15, 0.2) is 52.2 Å². The largest absolute Gasteiger partial charge is 0.464 e. The van der Waals surface area contributed by atoms with Crippen LogP contribution in [0.1, 0.15) is 12.0 Å². The van der Waals surface area contributed by atoms with Gasteiger partial charge in [0.25, 0.3) is 5.56 Å². The number of hydrogen-bond donors (Lipinski definition) is 4. The summed E-state index contributed by atoms with van der Waals surface area (Å²) in [6.45, 7) is -0.291. The molecule has 10 heteroatoms. The third-order valence-electron chi connectivity index (χ3n) is 5.36. The Morgan fingerprint density at radius 2 is 2.03 bits per heavy atom. The van der Waals surface area contributed by atoms with Crippen molar-refractivity contribution in [3.63, 3.8) is 0 Å². The summed E-state index contributed by atoms with van der Waals surface area (Å²) in [5, 5.41) is 30.6. The van der Waals surface area contributed by atoms with Gasteiger partial charge in [0, 0.05) is 18.2 Å². The first-order chi connectivity index (χ1) is 14.3. The first-order valence-corrected chi connectivity index (χ1v) is 9.34. The number of nitriles is 1. The first kappa shape index (κ1) is 21.4. The molecule has 2 unspecified atom stereocenters. The minimum atomic E-state index is -1.82. The third kappa shape index (κ3) is 4.04. The summed E-state index contributed by atoms with van der Waals surface area (Å²) in [6, 6.07) is 11.1. The van der Waals surface area contributed by atoms with Gasteiger partial charge < -0.3 is 20.7 Å². The van der Waals surface area contributed by atoms with Gasteiger partial charge in [-0.15, -0.1) is 0 Å². The molecule has 5 N–H and O–H groups in total. The highest BCUT2D eigenvalue weighted by atomic mass is 16.5. The molecule has 30 heavy (non-hydrogen) atoms. The standard InChI is InChI=1S/C20H22N4O6/c21-11-20(24-7-6-15(25)23-19(24)29)9-13(16(26)17(20)27)10-30-18(28)14(22)8-12-4-2-1-3-5-12/h1-7,13-14,16-17,26-27H,8-10,22H2,(H,23,25,29)/t13-,14-,16?,17?,20+/m1/s1. The van der Waals surface area contributed by atoms with E-state index in [0.29, 0.717) is 0 Å². The number of ether oxygens (including phenoxy) is 1. The number of nitrogens with zero attached hydrogens (tertiary/aromatic N) is 2. The molecule has 0 aliphatic heterocycles. The topological polar surface area (TPSA) is 171 Å². The molecule has 1 aliphatic rings. The lowest BCUT2D eigenvalue weighted by atomic mass is 9.95. The van der Waals surface area contributed by atoms with Crippen molar-refractivity contribution in [1.29, 1.82) is 5.26 Å². The predicted octanol–water partition coefficient (Wildman–Crippen LogP) is -1.39. The fourth-order valence-corrected chi connectivity index (χ4v) is 3.72. The number of aromatic nitrogens is 2. The molecule has 2 aromatic rings. The van der Waals surface area contributed by atoms with Crippen molar-refractivity contribution in [1.82, 2.24) is 9.55 Å². The molecular weight excluding hydrogens is 392 g/mol. The Balaban J connectivity index is 1.70. The maximum Gasteiger partial charge on any atom is 0.329 e. The zero-order chi connectivity index (χ0) is 21.9. The number of nitrogens with one attached hydrogen (secondary N) is 1. The van der Waals surface area contributed by atoms with Crippen molar-refractivity contribution in [2.45, 2.75) is 36.6 Å². The number of hydrogen-bond acceptors (Lipinski definition) is 8. The average molecular weight is 414 g/mol. The Kier molecular flexibility index (Phi) is 6.17. The van der Waals surface area contributed by atoms with Crippen molar-refractivity contribution >= 4 is 5.97 Å². The lowest BCUT2D eigenvalue weighted by Crippen LogP contribution is -2.49. The maximum absolute atomic E-state index is 12.2. The van der Waals surface area contributed by atoms with E-state index in [0.717, 1.165) is 22.4 Å². The highest BCUT2D eigenvalue weighted by molar-refractivity contribution is 5.75. The van der Waals surface area contributed by atoms with Gasteiger partial charge in [0.2, 0.25) is 0 Å². The number of aliphatic hydroxyl groups excluding tert-OH is 2. The molecule has 10 nitrogen and oxygen atoms in total. The molecule has 1 aromatic carbocycles. The van der Waals surface area contributed by atoms with Crippen LogP contribution >= 0.6 is 0 Å². The molecule has 1 fully saturated rings. The minimum Gasteiger partial charge on any atom is -0.464 e. The van der Waals surface area contributed by atoms with Crippen molar-refractivity contribution in [3.05, 3.63) is 69.0 Å². The Morgan fingerprint density at radius 1 is 1.33 bits per heavy atom. The molecule has 3 rings (SSSR count). The fourth-order valence-electron chi connectivity index (χ4n) is 3.72. The normalized spacial score (nSPS) is 26.7. The van der Waals surface area contributed by atoms with E-state index in [1.807, 2.05) is 41.4 Å². The summed E-state index contributed by atoms with van der Waals surface area (Å²) >= 11 is 0. The number of H-pyrrole nitrogens is 1. The second-order valence-corrected chi connectivity index (χ2v) is 7.34. The SMILES string of the molecule is N#C[C@@]1(n2ccc(=O)[nH]c2=O)C[C@H](COC(=O)[C@H](N)Cc2ccccc2)C(O)C1O. The van der Waals surface area contributed by atoms with E-state index in [1.165, 1.54) is 0 Å². The van der Waals surface area contributed by atoms with E-state index in [9.17, 15) is 29.9 Å². The van der Waals surface area contributed by atoms with Crippen LogP contribution in [0.4, 0.5) is 0 Å². The van der Waals surface area contributed by atoms with E-state index < -0.39 is 46.9 Å². The van der Waals surface area contributed by atoms with Gasteiger partial charge in [-0.3, -0.25) is 19.1 Å². The van der Waals surface area contributed by atoms with Gasteiger partial charge in [-0.25, -0.2) is 4.79 Å². The van der Waals surface area contributed by atoms with Gasteiger partial charge in [-0.2, -0.15) is 5.26 Å². The molecule has 1 aliphatic carbocycles. The molecule has 0 saturated heterocycles. The summed E-state index contributed by atoms with van der Waals surface area (Å²) < 4.78 is 6.09. The number of esters is 1. The minimum absolute atomic E-state index is 0.168. The third-order valence-corrected chi connectivity index (χ3v) is 5.36. The first-order valence-electron chi connectivity index (χ1n) is 9.34.